The second-order valence-corrected chi connectivity index (χ2v) is 14.7. The fourth-order valence-electron chi connectivity index (χ4n) is 6.00. The van der Waals surface area contributed by atoms with Gasteiger partial charge in [-0.1, -0.05) is 116 Å². The number of hydrogen-bond acceptors (Lipinski definition) is 9. The van der Waals surface area contributed by atoms with E-state index in [4.69, 9.17) is 23.7 Å². The minimum Gasteiger partial charge on any atom is -0.466 e. The zero-order chi connectivity index (χ0) is 39.7. The van der Waals surface area contributed by atoms with Crippen molar-refractivity contribution in [2.24, 2.45) is 11.8 Å². The van der Waals surface area contributed by atoms with Crippen molar-refractivity contribution in [2.45, 2.75) is 195 Å². The van der Waals surface area contributed by atoms with Crippen LogP contribution in [0.1, 0.15) is 188 Å². The van der Waals surface area contributed by atoms with E-state index in [-0.39, 0.29) is 44.6 Å². The molecule has 0 fully saturated rings. The van der Waals surface area contributed by atoms with E-state index in [0.29, 0.717) is 45.0 Å². The van der Waals surface area contributed by atoms with Gasteiger partial charge in [0.25, 0.3) is 0 Å². The standard InChI is InChI=1S/C45H82O9/c1-5-9-13-15-19-25-34-51-45(52-35-26-20-16-14-10-6-2)32-31-44(49)54-39-41(37-46)38-53-43(48)30-24-18-17-23-29-42(47)50-36-33-40(27-21-11-7-3)28-22-12-8-4/h9-10,13-14,40-41,45-46H,5-8,11-12,15-39H2,1-4H3/b13-9-,14-10-. The van der Waals surface area contributed by atoms with Crippen LogP contribution in [0, 0.1) is 11.8 Å². The third-order valence-corrected chi connectivity index (χ3v) is 9.48. The Bertz CT molecular complexity index is 885. The highest BCUT2D eigenvalue weighted by Crippen LogP contribution is 2.21. The Labute approximate surface area is 330 Å². The molecule has 0 radical (unpaired) electrons. The van der Waals surface area contributed by atoms with Crippen LogP contribution in [0.2, 0.25) is 0 Å². The number of hydrogen-bond donors (Lipinski definition) is 1. The summed E-state index contributed by atoms with van der Waals surface area (Å²) in [6.45, 7) is 10.1. The number of carbonyl (C=O) groups is 3. The molecule has 1 N–H and O–H groups in total. The number of carbonyl (C=O) groups excluding carboxylic acids is 3. The molecule has 0 aromatic rings. The lowest BCUT2D eigenvalue weighted by atomic mass is 9.92. The van der Waals surface area contributed by atoms with Crippen molar-refractivity contribution in [3.05, 3.63) is 24.3 Å². The first-order valence-electron chi connectivity index (χ1n) is 22.0. The lowest BCUT2D eigenvalue weighted by Gasteiger charge is -2.19. The van der Waals surface area contributed by atoms with Crippen LogP contribution in [0.4, 0.5) is 0 Å². The lowest BCUT2D eigenvalue weighted by molar-refractivity contribution is -0.161. The van der Waals surface area contributed by atoms with Crippen LogP contribution < -0.4 is 0 Å². The van der Waals surface area contributed by atoms with E-state index < -0.39 is 18.2 Å². The molecule has 0 bridgehead atoms. The molecule has 9 heteroatoms. The van der Waals surface area contributed by atoms with Gasteiger partial charge < -0.3 is 28.8 Å². The Morgan fingerprint density at radius 3 is 1.46 bits per heavy atom. The Balaban J connectivity index is 4.24. The van der Waals surface area contributed by atoms with Crippen molar-refractivity contribution >= 4 is 17.9 Å². The minimum absolute atomic E-state index is 0.0117. The van der Waals surface area contributed by atoms with Crippen molar-refractivity contribution < 1.29 is 43.2 Å². The fourth-order valence-corrected chi connectivity index (χ4v) is 6.00. The van der Waals surface area contributed by atoms with Crippen LogP contribution in [-0.4, -0.2) is 68.9 Å². The van der Waals surface area contributed by atoms with Crippen molar-refractivity contribution in [1.82, 2.24) is 0 Å². The van der Waals surface area contributed by atoms with Crippen LogP contribution in [0.5, 0.6) is 0 Å². The van der Waals surface area contributed by atoms with E-state index in [9.17, 15) is 19.5 Å². The predicted octanol–water partition coefficient (Wildman–Crippen LogP) is 11.1. The quantitative estimate of drug-likeness (QED) is 0.0214. The SMILES string of the molecule is CC/C=C\CCCCOC(CCC(=O)OCC(CO)COC(=O)CCCCCCC(=O)OCCC(CCCCC)CCCCC)OCCCC/C=C\CC. The number of aliphatic hydroxyl groups excluding tert-OH is 1. The molecule has 0 amide bonds. The molecule has 9 nitrogen and oxygen atoms in total. The van der Waals surface area contributed by atoms with Gasteiger partial charge in [0.1, 0.15) is 0 Å². The summed E-state index contributed by atoms with van der Waals surface area (Å²) >= 11 is 0. The second kappa shape index (κ2) is 40.4. The van der Waals surface area contributed by atoms with Crippen LogP contribution in [0.25, 0.3) is 0 Å². The molecule has 0 heterocycles. The van der Waals surface area contributed by atoms with Gasteiger partial charge in [-0.3, -0.25) is 14.4 Å². The maximum atomic E-state index is 12.5. The molecule has 0 aliphatic heterocycles. The molecule has 0 aliphatic rings. The molecule has 1 atom stereocenters. The Hall–Kier alpha value is -2.23. The van der Waals surface area contributed by atoms with Crippen LogP contribution in [0.15, 0.2) is 24.3 Å². The first-order chi connectivity index (χ1) is 26.4. The first-order valence-corrected chi connectivity index (χ1v) is 22.0. The summed E-state index contributed by atoms with van der Waals surface area (Å²) in [7, 11) is 0. The van der Waals surface area contributed by atoms with Gasteiger partial charge in [-0.2, -0.15) is 0 Å². The van der Waals surface area contributed by atoms with Crippen molar-refractivity contribution in [2.75, 3.05) is 39.6 Å². The van der Waals surface area contributed by atoms with Crippen molar-refractivity contribution in [3.63, 3.8) is 0 Å². The number of esters is 3. The highest BCUT2D eigenvalue weighted by Gasteiger charge is 2.17. The summed E-state index contributed by atoms with van der Waals surface area (Å²) in [4.78, 5) is 37.0. The van der Waals surface area contributed by atoms with E-state index in [0.717, 1.165) is 77.0 Å². The van der Waals surface area contributed by atoms with E-state index in [1.165, 1.54) is 51.4 Å². The van der Waals surface area contributed by atoms with Crippen molar-refractivity contribution in [1.29, 1.82) is 0 Å². The number of rotatable bonds is 40. The maximum Gasteiger partial charge on any atom is 0.305 e. The summed E-state index contributed by atoms with van der Waals surface area (Å²) in [5, 5.41) is 9.76. The van der Waals surface area contributed by atoms with Gasteiger partial charge in [-0.05, 0) is 76.5 Å². The van der Waals surface area contributed by atoms with Gasteiger partial charge in [0.15, 0.2) is 6.29 Å². The zero-order valence-corrected chi connectivity index (χ0v) is 35.2. The van der Waals surface area contributed by atoms with Gasteiger partial charge in [-0.15, -0.1) is 0 Å². The van der Waals surface area contributed by atoms with Crippen molar-refractivity contribution in [3.8, 4) is 0 Å². The molecule has 0 saturated heterocycles. The number of unbranched alkanes of at least 4 members (excludes halogenated alkanes) is 11. The first kappa shape index (κ1) is 51.8. The zero-order valence-electron chi connectivity index (χ0n) is 35.2. The van der Waals surface area contributed by atoms with Crippen LogP contribution in [0.3, 0.4) is 0 Å². The molecule has 316 valence electrons. The van der Waals surface area contributed by atoms with E-state index in [1.807, 2.05) is 0 Å². The summed E-state index contributed by atoms with van der Waals surface area (Å²) in [6.07, 6.45) is 31.6. The second-order valence-electron chi connectivity index (χ2n) is 14.7. The number of ether oxygens (including phenoxy) is 5. The summed E-state index contributed by atoms with van der Waals surface area (Å²) in [6, 6.07) is 0. The van der Waals surface area contributed by atoms with Gasteiger partial charge >= 0.3 is 17.9 Å². The number of allylic oxidation sites excluding steroid dienone is 4. The molecule has 54 heavy (non-hydrogen) atoms. The Morgan fingerprint density at radius 1 is 0.481 bits per heavy atom. The van der Waals surface area contributed by atoms with Gasteiger partial charge in [0, 0.05) is 32.5 Å². The molecule has 0 aromatic heterocycles. The fraction of sp³-hybridized carbons (Fsp3) is 0.844. The smallest absolute Gasteiger partial charge is 0.305 e. The van der Waals surface area contributed by atoms with Gasteiger partial charge in [-0.25, -0.2) is 0 Å². The van der Waals surface area contributed by atoms with Gasteiger partial charge in [0.05, 0.1) is 38.8 Å². The number of aliphatic hydroxyl groups is 1. The van der Waals surface area contributed by atoms with Crippen LogP contribution >= 0.6 is 0 Å². The molecular formula is C45H82O9. The van der Waals surface area contributed by atoms with Gasteiger partial charge in [0.2, 0.25) is 0 Å². The molecule has 0 spiro atoms. The summed E-state index contributed by atoms with van der Waals surface area (Å²) in [5.41, 5.74) is 0. The molecule has 0 aromatic carbocycles. The topological polar surface area (TPSA) is 118 Å². The Morgan fingerprint density at radius 2 is 0.981 bits per heavy atom. The van der Waals surface area contributed by atoms with E-state index >= 15 is 0 Å². The average molecular weight is 767 g/mol. The van der Waals surface area contributed by atoms with E-state index in [2.05, 4.69) is 52.0 Å². The van der Waals surface area contributed by atoms with Crippen LogP contribution in [-0.2, 0) is 38.1 Å². The maximum absolute atomic E-state index is 12.5. The summed E-state index contributed by atoms with van der Waals surface area (Å²) < 4.78 is 28.3. The molecule has 0 rings (SSSR count). The largest absolute Gasteiger partial charge is 0.466 e. The highest BCUT2D eigenvalue weighted by atomic mass is 16.7. The molecular weight excluding hydrogens is 684 g/mol. The third kappa shape index (κ3) is 35.5. The monoisotopic (exact) mass is 767 g/mol. The molecule has 0 saturated carbocycles. The lowest BCUT2D eigenvalue weighted by Crippen LogP contribution is -2.25. The third-order valence-electron chi connectivity index (χ3n) is 9.48. The van der Waals surface area contributed by atoms with E-state index in [1.54, 1.807) is 0 Å². The predicted molar refractivity (Wildman–Crippen MR) is 219 cm³/mol. The average Bonchev–Trinajstić information content (AvgIpc) is 3.17. The molecule has 0 aliphatic carbocycles. The summed E-state index contributed by atoms with van der Waals surface area (Å²) in [5.74, 6) is -0.705. The normalized spacial score (nSPS) is 12.4. The molecule has 1 unspecified atom stereocenters. The Kier molecular flexibility index (Phi) is 38.8. The minimum atomic E-state index is -0.487. The highest BCUT2D eigenvalue weighted by molar-refractivity contribution is 5.70.